The predicted octanol–water partition coefficient (Wildman–Crippen LogP) is 3.76. The van der Waals surface area contributed by atoms with Gasteiger partial charge in [-0.3, -0.25) is 4.90 Å². The Labute approximate surface area is 173 Å². The second-order valence-corrected chi connectivity index (χ2v) is 6.79. The minimum Gasteiger partial charge on any atom is -0.496 e. The summed E-state index contributed by atoms with van der Waals surface area (Å²) in [5, 5.41) is 5.84. The fourth-order valence-electron chi connectivity index (χ4n) is 3.53. The molecular weight excluding hydrogens is 422 g/mol. The van der Waals surface area contributed by atoms with Gasteiger partial charge in [-0.1, -0.05) is 0 Å². The Hall–Kier alpha value is -3.67. The number of benzene rings is 2. The van der Waals surface area contributed by atoms with E-state index in [-0.39, 0.29) is 24.0 Å². The van der Waals surface area contributed by atoms with E-state index >= 15 is 0 Å². The van der Waals surface area contributed by atoms with Crippen LogP contribution in [0.1, 0.15) is 5.56 Å². The third-order valence-electron chi connectivity index (χ3n) is 4.92. The van der Waals surface area contributed by atoms with Crippen LogP contribution in [0.4, 0.5) is 34.6 Å². The van der Waals surface area contributed by atoms with Crippen LogP contribution in [-0.4, -0.2) is 26.0 Å². The summed E-state index contributed by atoms with van der Waals surface area (Å²) < 4.78 is 64.9. The largest absolute Gasteiger partial charge is 0.496 e. The van der Waals surface area contributed by atoms with Gasteiger partial charge >= 0.3 is 12.1 Å². The molecule has 5 rings (SSSR count). The van der Waals surface area contributed by atoms with Gasteiger partial charge in [-0.25, -0.2) is 19.7 Å². The number of hydrogen-bond donors (Lipinski definition) is 3. The van der Waals surface area contributed by atoms with E-state index in [9.17, 15) is 17.6 Å². The first-order valence-corrected chi connectivity index (χ1v) is 9.04. The van der Waals surface area contributed by atoms with Crippen molar-refractivity contribution < 1.29 is 31.9 Å². The molecule has 0 amide bonds. The van der Waals surface area contributed by atoms with Crippen molar-refractivity contribution in [1.82, 2.24) is 5.48 Å². The normalized spacial score (nSPS) is 21.4. The Morgan fingerprint density at radius 1 is 1.23 bits per heavy atom. The molecule has 3 heterocycles. The Morgan fingerprint density at radius 3 is 2.84 bits per heavy atom. The lowest BCUT2D eigenvalue weighted by Crippen LogP contribution is -2.51. The molecule has 162 valence electrons. The Kier molecular flexibility index (Phi) is 4.15. The summed E-state index contributed by atoms with van der Waals surface area (Å²) in [6, 6.07) is 8.46. The number of anilines is 3. The van der Waals surface area contributed by atoms with Crippen LogP contribution < -0.4 is 30.5 Å². The first kappa shape index (κ1) is 19.3. The van der Waals surface area contributed by atoms with Crippen LogP contribution in [0.15, 0.2) is 53.0 Å². The Morgan fingerprint density at radius 2 is 2.06 bits per heavy atom. The number of hydroxylamine groups is 1. The Bertz CT molecular complexity index is 1120. The highest BCUT2D eigenvalue weighted by molar-refractivity contribution is 5.83. The van der Waals surface area contributed by atoms with Crippen LogP contribution in [0.5, 0.6) is 11.5 Å². The molecule has 1 unspecified atom stereocenters. The zero-order valence-corrected chi connectivity index (χ0v) is 15.9. The van der Waals surface area contributed by atoms with Gasteiger partial charge in [0.2, 0.25) is 0 Å². The smallest absolute Gasteiger partial charge is 0.420 e. The van der Waals surface area contributed by atoms with Crippen molar-refractivity contribution in [3.63, 3.8) is 0 Å². The van der Waals surface area contributed by atoms with Gasteiger partial charge in [0.25, 0.3) is 0 Å². The average molecular weight is 437 g/mol. The van der Waals surface area contributed by atoms with Gasteiger partial charge in [-0.15, -0.1) is 0 Å². The van der Waals surface area contributed by atoms with E-state index in [2.05, 4.69) is 21.1 Å². The third-order valence-corrected chi connectivity index (χ3v) is 4.92. The maximum atomic E-state index is 14.4. The van der Waals surface area contributed by atoms with E-state index in [0.717, 1.165) is 19.4 Å². The van der Waals surface area contributed by atoms with Crippen LogP contribution in [0.2, 0.25) is 0 Å². The molecule has 1 saturated heterocycles. The molecule has 31 heavy (non-hydrogen) atoms. The third kappa shape index (κ3) is 3.06. The second-order valence-electron chi connectivity index (χ2n) is 6.79. The molecular formula is C19H15F4N5O3. The number of nitrogens with one attached hydrogen (secondary N) is 3. The number of aliphatic imine (C=N–C) groups is 1. The van der Waals surface area contributed by atoms with Crippen LogP contribution in [0.3, 0.4) is 0 Å². The van der Waals surface area contributed by atoms with Gasteiger partial charge in [-0.05, 0) is 36.4 Å². The molecule has 2 aromatic carbocycles. The number of allylic oxidation sites excluding steroid dienone is 1. The maximum Gasteiger partial charge on any atom is 0.420 e. The van der Waals surface area contributed by atoms with Gasteiger partial charge in [0.05, 0.1) is 30.3 Å². The molecule has 2 aromatic rings. The van der Waals surface area contributed by atoms with E-state index in [0.29, 0.717) is 17.1 Å². The number of fused-ring (bicyclic) bond motifs is 3. The van der Waals surface area contributed by atoms with Crippen molar-refractivity contribution in [3.05, 3.63) is 53.6 Å². The molecule has 0 spiro atoms. The number of nitrogens with zero attached hydrogens (tertiary/aromatic N) is 2. The van der Waals surface area contributed by atoms with Crippen molar-refractivity contribution in [2.45, 2.75) is 12.1 Å². The monoisotopic (exact) mass is 437 g/mol. The summed E-state index contributed by atoms with van der Waals surface area (Å²) in [5.74, 6) is -2.24. The summed E-state index contributed by atoms with van der Waals surface area (Å²) in [5.41, 5.74) is 2.64. The van der Waals surface area contributed by atoms with E-state index in [1.54, 1.807) is 18.2 Å². The molecule has 0 saturated carbocycles. The molecule has 1 atom stereocenters. The van der Waals surface area contributed by atoms with E-state index in [4.69, 9.17) is 14.3 Å². The summed E-state index contributed by atoms with van der Waals surface area (Å²) in [6.07, 6.45) is -3.71. The zero-order valence-electron chi connectivity index (χ0n) is 15.9. The minimum atomic E-state index is -4.65. The fraction of sp³-hybridized carbons (Fsp3) is 0.211. The Balaban J connectivity index is 1.56. The summed E-state index contributed by atoms with van der Waals surface area (Å²) in [7, 11) is 1.15. The highest BCUT2D eigenvalue weighted by atomic mass is 19.4. The number of methoxy groups -OCH3 is 1. The number of ether oxygens (including phenoxy) is 2. The molecule has 1 fully saturated rings. The van der Waals surface area contributed by atoms with Crippen LogP contribution in [0.25, 0.3) is 0 Å². The van der Waals surface area contributed by atoms with Gasteiger partial charge in [0, 0.05) is 5.69 Å². The fourth-order valence-corrected chi connectivity index (χ4v) is 3.53. The van der Waals surface area contributed by atoms with Crippen molar-refractivity contribution >= 4 is 23.3 Å². The average Bonchev–Trinajstić information content (AvgIpc) is 3.32. The number of rotatable bonds is 4. The van der Waals surface area contributed by atoms with Gasteiger partial charge in [-0.2, -0.15) is 13.2 Å². The van der Waals surface area contributed by atoms with Gasteiger partial charge in [0.15, 0.2) is 18.4 Å². The lowest BCUT2D eigenvalue weighted by Gasteiger charge is -2.35. The summed E-state index contributed by atoms with van der Waals surface area (Å²) in [6.45, 7) is 0.290. The molecule has 3 N–H and O–H groups in total. The molecule has 2 bridgehead atoms. The van der Waals surface area contributed by atoms with E-state index < -0.39 is 23.5 Å². The number of hydrogen-bond acceptors (Lipinski definition) is 8. The predicted molar refractivity (Wildman–Crippen MR) is 103 cm³/mol. The quantitative estimate of drug-likeness (QED) is 0.629. The number of alkyl halides is 3. The molecule has 3 aliphatic heterocycles. The minimum absolute atomic E-state index is 0.0308. The first-order valence-electron chi connectivity index (χ1n) is 9.04. The summed E-state index contributed by atoms with van der Waals surface area (Å²) >= 11 is 0. The maximum absolute atomic E-state index is 14.4. The van der Waals surface area contributed by atoms with Crippen molar-refractivity contribution in [1.29, 1.82) is 0 Å². The highest BCUT2D eigenvalue weighted by Gasteiger charge is 2.51. The molecule has 0 aromatic heterocycles. The molecule has 0 radical (unpaired) electrons. The van der Waals surface area contributed by atoms with Gasteiger partial charge in [0.1, 0.15) is 11.5 Å². The molecule has 3 aliphatic rings. The van der Waals surface area contributed by atoms with Crippen molar-refractivity contribution in [2.75, 3.05) is 29.4 Å². The van der Waals surface area contributed by atoms with Crippen molar-refractivity contribution in [3.8, 4) is 11.5 Å². The summed E-state index contributed by atoms with van der Waals surface area (Å²) in [4.78, 5) is 11.0. The second kappa shape index (κ2) is 6.67. The van der Waals surface area contributed by atoms with Gasteiger partial charge < -0.3 is 20.1 Å². The van der Waals surface area contributed by atoms with Crippen molar-refractivity contribution in [2.24, 2.45) is 4.99 Å². The van der Waals surface area contributed by atoms with Crippen LogP contribution in [-0.2, 0) is 11.0 Å². The van der Waals surface area contributed by atoms with Crippen LogP contribution in [0, 0.1) is 0 Å². The SMILES string of the molecule is COc1ccc(NC23N=CC(F)=C(NO2)N3c2ccc3c(c2)NCO3)cc1C(F)(F)F. The lowest BCUT2D eigenvalue weighted by molar-refractivity contribution is -0.138. The van der Waals surface area contributed by atoms with E-state index in [1.165, 1.54) is 17.0 Å². The highest BCUT2D eigenvalue weighted by Crippen LogP contribution is 2.43. The number of halogens is 4. The molecule has 0 aliphatic carbocycles. The lowest BCUT2D eigenvalue weighted by atomic mass is 10.1. The molecule has 8 nitrogen and oxygen atoms in total. The topological polar surface area (TPSA) is 79.4 Å². The van der Waals surface area contributed by atoms with E-state index in [1.807, 2.05) is 0 Å². The standard InChI is InChI=1S/C19H15F4N5O3/c1-29-15-4-2-10(6-12(15)18(21,22)23)26-19-25-8-13(20)17(27-31-19)28(19)11-3-5-16-14(7-11)24-9-30-16/h2-8,24,26-27H,9H2,1H3. The first-order chi connectivity index (χ1) is 14.8. The zero-order chi connectivity index (χ0) is 21.8. The molecule has 12 heteroatoms. The van der Waals surface area contributed by atoms with Crippen LogP contribution >= 0.6 is 0 Å².